The molecule has 6 nitrogen and oxygen atoms in total. The van der Waals surface area contributed by atoms with Crippen LogP contribution in [0, 0.1) is 13.8 Å². The van der Waals surface area contributed by atoms with Gasteiger partial charge in [-0.25, -0.2) is 0 Å². The Labute approximate surface area is 159 Å². The van der Waals surface area contributed by atoms with E-state index in [1.54, 1.807) is 18.9 Å². The third-order valence-corrected chi connectivity index (χ3v) is 5.23. The quantitative estimate of drug-likeness (QED) is 0.725. The van der Waals surface area contributed by atoms with E-state index in [1.165, 1.54) is 0 Å². The van der Waals surface area contributed by atoms with Crippen molar-refractivity contribution in [3.8, 4) is 5.75 Å². The molecule has 1 aromatic carbocycles. The third kappa shape index (κ3) is 5.25. The van der Waals surface area contributed by atoms with Crippen LogP contribution in [-0.2, 0) is 10.5 Å². The van der Waals surface area contributed by atoms with Crippen molar-refractivity contribution in [2.45, 2.75) is 25.6 Å². The number of likely N-dealkylation sites (N-methyl/N-ethyl adjacent to an activating group) is 1. The molecule has 142 valence electrons. The number of para-hydroxylation sites is 1. The molecule has 1 N–H and O–H groups in total. The van der Waals surface area contributed by atoms with E-state index >= 15 is 0 Å². The van der Waals surface area contributed by atoms with Crippen LogP contribution in [0.3, 0.4) is 0 Å². The van der Waals surface area contributed by atoms with Crippen molar-refractivity contribution in [3.05, 3.63) is 46.8 Å². The number of ether oxygens (including phenoxy) is 1. The summed E-state index contributed by atoms with van der Waals surface area (Å²) in [4.78, 5) is 14.3. The summed E-state index contributed by atoms with van der Waals surface area (Å²) in [5.41, 5.74) is 3.02. The average molecular weight is 378 g/mol. The number of rotatable bonds is 9. The van der Waals surface area contributed by atoms with Gasteiger partial charge in [0.2, 0.25) is 5.91 Å². The predicted molar refractivity (Wildman–Crippen MR) is 105 cm³/mol. The van der Waals surface area contributed by atoms with Crippen LogP contribution in [0.2, 0.25) is 0 Å². The maximum atomic E-state index is 12.2. The lowest BCUT2D eigenvalue weighted by Gasteiger charge is -2.26. The number of hydrogen-bond acceptors (Lipinski definition) is 6. The summed E-state index contributed by atoms with van der Waals surface area (Å²) in [7, 11) is 5.65. The van der Waals surface area contributed by atoms with Crippen LogP contribution in [0.15, 0.2) is 28.8 Å². The van der Waals surface area contributed by atoms with Gasteiger partial charge < -0.3 is 19.5 Å². The van der Waals surface area contributed by atoms with Crippen molar-refractivity contribution >= 4 is 17.7 Å². The van der Waals surface area contributed by atoms with Gasteiger partial charge in [-0.3, -0.25) is 4.79 Å². The third-order valence-electron chi connectivity index (χ3n) is 4.27. The molecule has 1 heterocycles. The summed E-state index contributed by atoms with van der Waals surface area (Å²) in [6.07, 6.45) is 0. The molecule has 0 bridgehead atoms. The number of benzene rings is 1. The smallest absolute Gasteiger partial charge is 0.230 e. The Morgan fingerprint density at radius 3 is 2.69 bits per heavy atom. The zero-order valence-corrected chi connectivity index (χ0v) is 16.9. The number of amides is 1. The van der Waals surface area contributed by atoms with Crippen molar-refractivity contribution in [2.24, 2.45) is 0 Å². The highest BCUT2D eigenvalue weighted by atomic mass is 32.2. The van der Waals surface area contributed by atoms with Crippen molar-refractivity contribution in [2.75, 3.05) is 33.5 Å². The molecule has 0 saturated carbocycles. The number of thioether (sulfide) groups is 1. The fraction of sp³-hybridized carbons (Fsp3) is 0.474. The van der Waals surface area contributed by atoms with Crippen molar-refractivity contribution in [3.63, 3.8) is 0 Å². The number of carbonyl (C=O) groups is 1. The Bertz CT molecular complexity index is 711. The summed E-state index contributed by atoms with van der Waals surface area (Å²) in [5, 5.41) is 6.96. The highest BCUT2D eigenvalue weighted by molar-refractivity contribution is 7.99. The molecule has 1 amide bonds. The molecule has 0 aliphatic carbocycles. The Morgan fingerprint density at radius 1 is 1.35 bits per heavy atom. The highest BCUT2D eigenvalue weighted by Gasteiger charge is 2.19. The summed E-state index contributed by atoms with van der Waals surface area (Å²) in [6, 6.07) is 7.94. The van der Waals surface area contributed by atoms with Crippen molar-refractivity contribution in [1.29, 1.82) is 0 Å². The predicted octanol–water partition coefficient (Wildman–Crippen LogP) is 2.95. The van der Waals surface area contributed by atoms with Gasteiger partial charge in [-0.05, 0) is 34.0 Å². The Morgan fingerprint density at radius 2 is 2.08 bits per heavy atom. The van der Waals surface area contributed by atoms with Gasteiger partial charge in [0.25, 0.3) is 0 Å². The van der Waals surface area contributed by atoms with E-state index in [-0.39, 0.29) is 11.9 Å². The molecule has 2 rings (SSSR count). The number of aryl methyl sites for hydroxylation is 2. The molecular formula is C19H27N3O3S. The second-order valence-electron chi connectivity index (χ2n) is 6.32. The lowest BCUT2D eigenvalue weighted by atomic mass is 10.0. The molecule has 7 heteroatoms. The largest absolute Gasteiger partial charge is 0.496 e. The lowest BCUT2D eigenvalue weighted by Crippen LogP contribution is -2.35. The Balaban J connectivity index is 1.87. The number of nitrogens with zero attached hydrogens (tertiary/aromatic N) is 2. The summed E-state index contributed by atoms with van der Waals surface area (Å²) >= 11 is 1.56. The van der Waals surface area contributed by atoms with Gasteiger partial charge in [0.1, 0.15) is 11.5 Å². The van der Waals surface area contributed by atoms with Crippen LogP contribution in [0.4, 0.5) is 0 Å². The van der Waals surface area contributed by atoms with Gasteiger partial charge in [-0.15, -0.1) is 11.8 Å². The van der Waals surface area contributed by atoms with E-state index in [1.807, 2.05) is 52.2 Å². The molecule has 0 aliphatic rings. The van der Waals surface area contributed by atoms with Gasteiger partial charge in [-0.2, -0.15) is 0 Å². The first-order chi connectivity index (χ1) is 12.4. The SMILES string of the molecule is COc1ccccc1C(CNC(=O)CSCc1c(C)noc1C)N(C)C. The van der Waals surface area contributed by atoms with Crippen LogP contribution in [0.25, 0.3) is 0 Å². The number of hydrogen-bond donors (Lipinski definition) is 1. The molecule has 0 fully saturated rings. The Kier molecular flexibility index (Phi) is 7.53. The summed E-state index contributed by atoms with van der Waals surface area (Å²) < 4.78 is 10.6. The molecule has 1 unspecified atom stereocenters. The normalized spacial score (nSPS) is 12.2. The molecule has 26 heavy (non-hydrogen) atoms. The van der Waals surface area contributed by atoms with Crippen LogP contribution in [0.5, 0.6) is 5.75 Å². The van der Waals surface area contributed by atoms with Gasteiger partial charge in [0.15, 0.2) is 0 Å². The molecule has 0 spiro atoms. The molecule has 0 aliphatic heterocycles. The maximum Gasteiger partial charge on any atom is 0.230 e. The van der Waals surface area contributed by atoms with Gasteiger partial charge in [0.05, 0.1) is 24.6 Å². The zero-order valence-electron chi connectivity index (χ0n) is 16.0. The van der Waals surface area contributed by atoms with Crippen LogP contribution in [0.1, 0.15) is 28.6 Å². The summed E-state index contributed by atoms with van der Waals surface area (Å²) in [5.74, 6) is 2.78. The topological polar surface area (TPSA) is 67.6 Å². The number of methoxy groups -OCH3 is 1. The second-order valence-corrected chi connectivity index (χ2v) is 7.31. The number of carbonyl (C=O) groups excluding carboxylic acids is 1. The first kappa shape index (κ1) is 20.3. The van der Waals surface area contributed by atoms with E-state index in [2.05, 4.69) is 15.4 Å². The van der Waals surface area contributed by atoms with E-state index in [0.717, 1.165) is 34.1 Å². The number of aromatic nitrogens is 1. The minimum absolute atomic E-state index is 0.0171. The van der Waals surface area contributed by atoms with E-state index in [0.29, 0.717) is 12.3 Å². The van der Waals surface area contributed by atoms with E-state index in [9.17, 15) is 4.79 Å². The Hall–Kier alpha value is -1.99. The van der Waals surface area contributed by atoms with Gasteiger partial charge >= 0.3 is 0 Å². The fourth-order valence-corrected chi connectivity index (χ4v) is 3.73. The minimum atomic E-state index is 0.0171. The lowest BCUT2D eigenvalue weighted by molar-refractivity contribution is -0.118. The maximum absolute atomic E-state index is 12.2. The second kappa shape index (κ2) is 9.64. The zero-order chi connectivity index (χ0) is 19.1. The molecule has 0 saturated heterocycles. The standard InChI is InChI=1S/C19H27N3O3S/c1-13-16(14(2)25-21-13)11-26-12-19(23)20-10-17(22(3)4)15-8-6-7-9-18(15)24-5/h6-9,17H,10-12H2,1-5H3,(H,20,23). The molecule has 1 atom stereocenters. The molecule has 2 aromatic rings. The van der Waals surface area contributed by atoms with Crippen LogP contribution >= 0.6 is 11.8 Å². The van der Waals surface area contributed by atoms with Gasteiger partial charge in [0, 0.05) is 23.4 Å². The van der Waals surface area contributed by atoms with E-state index < -0.39 is 0 Å². The molecular weight excluding hydrogens is 350 g/mol. The van der Waals surface area contributed by atoms with Gasteiger partial charge in [-0.1, -0.05) is 23.4 Å². The summed E-state index contributed by atoms with van der Waals surface area (Å²) in [6.45, 7) is 4.34. The van der Waals surface area contributed by atoms with E-state index in [4.69, 9.17) is 9.26 Å². The van der Waals surface area contributed by atoms with Crippen molar-refractivity contribution < 1.29 is 14.1 Å². The molecule has 0 radical (unpaired) electrons. The first-order valence-electron chi connectivity index (χ1n) is 8.49. The minimum Gasteiger partial charge on any atom is -0.496 e. The first-order valence-corrected chi connectivity index (χ1v) is 9.65. The van der Waals surface area contributed by atoms with Crippen molar-refractivity contribution in [1.82, 2.24) is 15.4 Å². The monoisotopic (exact) mass is 377 g/mol. The number of nitrogens with one attached hydrogen (secondary N) is 1. The fourth-order valence-electron chi connectivity index (χ4n) is 2.73. The van der Waals surface area contributed by atoms with Crippen LogP contribution < -0.4 is 10.1 Å². The average Bonchev–Trinajstić information content (AvgIpc) is 2.94. The highest BCUT2D eigenvalue weighted by Crippen LogP contribution is 2.27. The van der Waals surface area contributed by atoms with Crippen LogP contribution in [-0.4, -0.2) is 49.5 Å². The molecule has 1 aromatic heterocycles.